The van der Waals surface area contributed by atoms with Crippen molar-refractivity contribution in [3.63, 3.8) is 0 Å². The molecule has 2 N–H and O–H groups in total. The van der Waals surface area contributed by atoms with Crippen molar-refractivity contribution in [2.75, 3.05) is 17.2 Å². The lowest BCUT2D eigenvalue weighted by molar-refractivity contribution is -0.114. The van der Waals surface area contributed by atoms with Gasteiger partial charge in [-0.1, -0.05) is 0 Å². The van der Waals surface area contributed by atoms with Gasteiger partial charge in [-0.15, -0.1) is 4.68 Å². The molecule has 0 atom stereocenters. The molecule has 0 radical (unpaired) electrons. The monoisotopic (exact) mass is 340 g/mol. The zero-order valence-corrected chi connectivity index (χ0v) is 13.7. The zero-order chi connectivity index (χ0) is 17.8. The second-order valence-corrected chi connectivity index (χ2v) is 5.10. The van der Waals surface area contributed by atoms with Crippen LogP contribution in [0, 0.1) is 0 Å². The molecule has 9 nitrogen and oxygen atoms in total. The molecular weight excluding hydrogens is 324 g/mol. The Kier molecular flexibility index (Phi) is 4.55. The summed E-state index contributed by atoms with van der Waals surface area (Å²) in [7, 11) is 0. The van der Waals surface area contributed by atoms with Gasteiger partial charge in [0.15, 0.2) is 5.65 Å². The number of benzene rings is 1. The molecule has 1 amide bonds. The van der Waals surface area contributed by atoms with E-state index in [1.165, 1.54) is 19.4 Å². The highest BCUT2D eigenvalue weighted by Gasteiger charge is 2.15. The van der Waals surface area contributed by atoms with Crippen LogP contribution in [0.3, 0.4) is 0 Å². The second-order valence-electron chi connectivity index (χ2n) is 5.10. The number of amides is 1. The van der Waals surface area contributed by atoms with E-state index in [0.29, 0.717) is 22.5 Å². The molecule has 2 aromatic heterocycles. The molecule has 25 heavy (non-hydrogen) atoms. The third-order valence-electron chi connectivity index (χ3n) is 3.27. The largest absolute Gasteiger partial charge is 0.448 e. The predicted molar refractivity (Wildman–Crippen MR) is 91.8 cm³/mol. The maximum absolute atomic E-state index is 11.9. The fraction of sp³-hybridized carbons (Fsp3) is 0.188. The van der Waals surface area contributed by atoms with Crippen LogP contribution in [0.2, 0.25) is 0 Å². The number of fused-ring (bicyclic) bond motifs is 1. The number of anilines is 3. The molecule has 3 rings (SSSR count). The number of carbonyl (C=O) groups is 2. The van der Waals surface area contributed by atoms with E-state index in [4.69, 9.17) is 4.74 Å². The van der Waals surface area contributed by atoms with Crippen LogP contribution >= 0.6 is 0 Å². The molecule has 2 heterocycles. The van der Waals surface area contributed by atoms with Gasteiger partial charge in [-0.3, -0.25) is 4.79 Å². The van der Waals surface area contributed by atoms with Gasteiger partial charge in [0.2, 0.25) is 5.91 Å². The van der Waals surface area contributed by atoms with Gasteiger partial charge in [0.25, 0.3) is 0 Å². The minimum Gasteiger partial charge on any atom is -0.448 e. The van der Waals surface area contributed by atoms with E-state index in [1.807, 2.05) is 0 Å². The van der Waals surface area contributed by atoms with Crippen LogP contribution in [0.5, 0.6) is 0 Å². The fourth-order valence-corrected chi connectivity index (χ4v) is 2.24. The number of aromatic nitrogens is 4. The molecule has 0 fully saturated rings. The van der Waals surface area contributed by atoms with Crippen LogP contribution < -0.4 is 10.6 Å². The quantitative estimate of drug-likeness (QED) is 0.750. The maximum Gasteiger partial charge on any atom is 0.436 e. The summed E-state index contributed by atoms with van der Waals surface area (Å²) < 4.78 is 6.03. The van der Waals surface area contributed by atoms with Crippen LogP contribution in [0.1, 0.15) is 13.8 Å². The summed E-state index contributed by atoms with van der Waals surface area (Å²) >= 11 is 0. The minimum atomic E-state index is -0.596. The van der Waals surface area contributed by atoms with E-state index in [0.717, 1.165) is 10.4 Å². The molecule has 1 aromatic carbocycles. The lowest BCUT2D eigenvalue weighted by atomic mass is 10.2. The molecule has 0 aliphatic heterocycles. The summed E-state index contributed by atoms with van der Waals surface area (Å²) in [6, 6.07) is 7.14. The van der Waals surface area contributed by atoms with Gasteiger partial charge < -0.3 is 15.4 Å². The van der Waals surface area contributed by atoms with Crippen molar-refractivity contribution < 1.29 is 14.3 Å². The zero-order valence-electron chi connectivity index (χ0n) is 13.7. The van der Waals surface area contributed by atoms with Gasteiger partial charge in [0.05, 0.1) is 18.2 Å². The van der Waals surface area contributed by atoms with Gasteiger partial charge >= 0.3 is 6.09 Å². The lowest BCUT2D eigenvalue weighted by Gasteiger charge is -2.08. The van der Waals surface area contributed by atoms with Gasteiger partial charge in [0.1, 0.15) is 12.1 Å². The first kappa shape index (κ1) is 16.4. The molecule has 0 saturated heterocycles. The Labute approximate surface area is 143 Å². The summed E-state index contributed by atoms with van der Waals surface area (Å²) in [5, 5.41) is 10.4. The summed E-state index contributed by atoms with van der Waals surface area (Å²) in [5.41, 5.74) is 1.81. The Bertz CT molecular complexity index is 919. The Morgan fingerprint density at radius 1 is 1.16 bits per heavy atom. The topological polar surface area (TPSA) is 111 Å². The highest BCUT2D eigenvalue weighted by molar-refractivity contribution is 5.93. The number of rotatable bonds is 4. The second kappa shape index (κ2) is 6.95. The third kappa shape index (κ3) is 3.55. The summed E-state index contributed by atoms with van der Waals surface area (Å²) in [6.45, 7) is 3.41. The van der Waals surface area contributed by atoms with Crippen molar-refractivity contribution in [1.29, 1.82) is 0 Å². The number of carbonyl (C=O) groups excluding carboxylic acids is 2. The van der Waals surface area contributed by atoms with Crippen molar-refractivity contribution in [3.8, 4) is 0 Å². The Hall–Kier alpha value is -3.49. The van der Waals surface area contributed by atoms with E-state index in [2.05, 4.69) is 25.7 Å². The summed E-state index contributed by atoms with van der Waals surface area (Å²) in [4.78, 5) is 31.2. The SMILES string of the molecule is CCOC(=O)n1ncc2c(Nc3ccc(NC(C)=O)cc3)ncnc21. The minimum absolute atomic E-state index is 0.135. The van der Waals surface area contributed by atoms with E-state index < -0.39 is 6.09 Å². The molecule has 3 aromatic rings. The average molecular weight is 340 g/mol. The Balaban J connectivity index is 1.86. The Morgan fingerprint density at radius 3 is 2.56 bits per heavy atom. The third-order valence-corrected chi connectivity index (χ3v) is 3.27. The summed E-state index contributed by atoms with van der Waals surface area (Å²) in [5.74, 6) is 0.373. The maximum atomic E-state index is 11.9. The number of hydrogen-bond acceptors (Lipinski definition) is 7. The van der Waals surface area contributed by atoms with Gasteiger partial charge in [-0.05, 0) is 31.2 Å². The van der Waals surface area contributed by atoms with Crippen molar-refractivity contribution in [3.05, 3.63) is 36.8 Å². The molecule has 0 bridgehead atoms. The number of nitrogens with zero attached hydrogens (tertiary/aromatic N) is 4. The van der Waals surface area contributed by atoms with E-state index in [9.17, 15) is 9.59 Å². The fourth-order valence-electron chi connectivity index (χ4n) is 2.24. The van der Waals surface area contributed by atoms with E-state index >= 15 is 0 Å². The molecular formula is C16H16N6O3. The number of ether oxygens (including phenoxy) is 1. The molecule has 9 heteroatoms. The van der Waals surface area contributed by atoms with Crippen LogP contribution in [0.15, 0.2) is 36.8 Å². The molecule has 128 valence electrons. The lowest BCUT2D eigenvalue weighted by Crippen LogP contribution is -2.15. The van der Waals surface area contributed by atoms with Crippen LogP contribution in [0.25, 0.3) is 11.0 Å². The first-order valence-electron chi connectivity index (χ1n) is 7.59. The molecule has 0 unspecified atom stereocenters. The van der Waals surface area contributed by atoms with Crippen molar-refractivity contribution >= 4 is 40.2 Å². The molecule has 0 spiro atoms. The molecule has 0 saturated carbocycles. The predicted octanol–water partition coefficient (Wildman–Crippen LogP) is 2.53. The highest BCUT2D eigenvalue weighted by atomic mass is 16.5. The van der Waals surface area contributed by atoms with Crippen LogP contribution in [-0.4, -0.2) is 38.4 Å². The summed E-state index contributed by atoms with van der Waals surface area (Å²) in [6.07, 6.45) is 2.25. The first-order chi connectivity index (χ1) is 12.1. The first-order valence-corrected chi connectivity index (χ1v) is 7.59. The van der Waals surface area contributed by atoms with Crippen molar-refractivity contribution in [1.82, 2.24) is 19.7 Å². The van der Waals surface area contributed by atoms with Crippen LogP contribution in [-0.2, 0) is 9.53 Å². The van der Waals surface area contributed by atoms with Crippen LogP contribution in [0.4, 0.5) is 22.0 Å². The van der Waals surface area contributed by atoms with Crippen molar-refractivity contribution in [2.24, 2.45) is 0 Å². The van der Waals surface area contributed by atoms with Gasteiger partial charge in [0, 0.05) is 18.3 Å². The smallest absolute Gasteiger partial charge is 0.436 e. The van der Waals surface area contributed by atoms with Gasteiger partial charge in [-0.2, -0.15) is 5.10 Å². The van der Waals surface area contributed by atoms with E-state index in [-0.39, 0.29) is 12.5 Å². The van der Waals surface area contributed by atoms with Gasteiger partial charge in [-0.25, -0.2) is 14.8 Å². The van der Waals surface area contributed by atoms with Crippen molar-refractivity contribution in [2.45, 2.75) is 13.8 Å². The number of nitrogens with one attached hydrogen (secondary N) is 2. The van der Waals surface area contributed by atoms with E-state index in [1.54, 1.807) is 31.2 Å². The normalized spacial score (nSPS) is 10.5. The number of hydrogen-bond donors (Lipinski definition) is 2. The highest BCUT2D eigenvalue weighted by Crippen LogP contribution is 2.23. The Morgan fingerprint density at radius 2 is 1.88 bits per heavy atom. The standard InChI is InChI=1S/C16H16N6O3/c1-3-25-16(24)22-15-13(8-19-22)14(17-9-18-15)21-12-6-4-11(5-7-12)20-10(2)23/h4-9H,3H2,1-2H3,(H,20,23)(H,17,18,21). The molecule has 0 aliphatic carbocycles. The molecule has 0 aliphatic rings. The average Bonchev–Trinajstić information content (AvgIpc) is 3.01.